The molecule has 0 aliphatic carbocycles. The van der Waals surface area contributed by atoms with Gasteiger partial charge in [-0.2, -0.15) is 0 Å². The Hall–Kier alpha value is -1.00. The molecule has 0 aromatic heterocycles. The molecule has 17 heavy (non-hydrogen) atoms. The summed E-state index contributed by atoms with van der Waals surface area (Å²) in [6, 6.07) is 4.20. The van der Waals surface area contributed by atoms with Gasteiger partial charge < -0.3 is 10.6 Å². The van der Waals surface area contributed by atoms with Crippen molar-refractivity contribution in [3.63, 3.8) is 0 Å². The second-order valence-corrected chi connectivity index (χ2v) is 4.45. The summed E-state index contributed by atoms with van der Waals surface area (Å²) in [4.78, 5) is 0. The van der Waals surface area contributed by atoms with Crippen LogP contribution in [0.25, 0.3) is 0 Å². The fourth-order valence-corrected chi connectivity index (χ4v) is 2.41. The highest BCUT2D eigenvalue weighted by atomic mass is 19.1. The van der Waals surface area contributed by atoms with Crippen molar-refractivity contribution in [1.29, 1.82) is 0 Å². The lowest BCUT2D eigenvalue weighted by atomic mass is 9.93. The third-order valence-corrected chi connectivity index (χ3v) is 3.23. The molecule has 1 fully saturated rings. The average Bonchev–Trinajstić information content (AvgIpc) is 2.29. The number of piperidine rings is 1. The molecular formula is C13H20F2N2. The van der Waals surface area contributed by atoms with E-state index < -0.39 is 11.6 Å². The molecule has 4 heteroatoms. The van der Waals surface area contributed by atoms with Gasteiger partial charge in [-0.3, -0.25) is 0 Å². The minimum Gasteiger partial charge on any atom is -0.314 e. The van der Waals surface area contributed by atoms with E-state index in [1.165, 1.54) is 12.1 Å². The fraction of sp³-hybridized carbons (Fsp3) is 0.538. The number of rotatable bonds is 3. The van der Waals surface area contributed by atoms with Crippen LogP contribution in [0.2, 0.25) is 0 Å². The van der Waals surface area contributed by atoms with Gasteiger partial charge in [-0.15, -0.1) is 0 Å². The fourth-order valence-electron chi connectivity index (χ4n) is 2.41. The van der Waals surface area contributed by atoms with Gasteiger partial charge in [0.25, 0.3) is 0 Å². The Kier molecular flexibility index (Phi) is 4.07. The first-order chi connectivity index (χ1) is 8.20. The molecule has 2 atom stereocenters. The van der Waals surface area contributed by atoms with Crippen LogP contribution in [0.4, 0.5) is 8.78 Å². The zero-order valence-corrected chi connectivity index (χ0v) is 9.97. The molecule has 1 aliphatic heterocycles. The molecule has 0 saturated carbocycles. The van der Waals surface area contributed by atoms with Crippen LogP contribution in [0.1, 0.15) is 32.8 Å². The summed E-state index contributed by atoms with van der Waals surface area (Å²) in [6.07, 6.45) is 1.89. The Balaban J connectivity index is 0.00000162. The van der Waals surface area contributed by atoms with Crippen molar-refractivity contribution >= 4 is 0 Å². The number of hydrogen-bond acceptors (Lipinski definition) is 2. The summed E-state index contributed by atoms with van der Waals surface area (Å²) >= 11 is 0. The van der Waals surface area contributed by atoms with Gasteiger partial charge in [-0.05, 0) is 32.0 Å². The predicted octanol–water partition coefficient (Wildman–Crippen LogP) is 2.61. The summed E-state index contributed by atoms with van der Waals surface area (Å²) < 4.78 is 26.5. The zero-order valence-electron chi connectivity index (χ0n) is 9.97. The predicted molar refractivity (Wildman–Crippen MR) is 65.9 cm³/mol. The largest absolute Gasteiger partial charge is 0.314 e. The second-order valence-electron chi connectivity index (χ2n) is 4.45. The molecule has 1 aromatic rings. The van der Waals surface area contributed by atoms with Crippen LogP contribution in [-0.2, 0) is 0 Å². The number of nitrogens with one attached hydrogen (secondary N) is 2. The minimum atomic E-state index is -0.523. The van der Waals surface area contributed by atoms with E-state index in [0.717, 1.165) is 32.0 Å². The number of hydrogen-bond donors (Lipinski definition) is 2. The highest BCUT2D eigenvalue weighted by Gasteiger charge is 2.24. The first-order valence-electron chi connectivity index (χ1n) is 6.12. The zero-order chi connectivity index (χ0) is 12.3. The molecule has 96 valence electrons. The lowest BCUT2D eigenvalue weighted by Crippen LogP contribution is -2.42. The Morgan fingerprint density at radius 3 is 3.00 bits per heavy atom. The first-order valence-corrected chi connectivity index (χ1v) is 6.12. The van der Waals surface area contributed by atoms with Crippen LogP contribution in [0, 0.1) is 11.6 Å². The second kappa shape index (κ2) is 5.56. The molecule has 0 amide bonds. The van der Waals surface area contributed by atoms with E-state index in [2.05, 4.69) is 17.6 Å². The standard InChI is InChI=1S/C13H18F2N2.H2/c1-2-16-10-5-6-17-13(8-10)11-4-3-9(14)7-12(11)15;/h3-4,7,10,13,16-17H,2,5-6,8H2,1H3;1H/t10-,13+;/m1./s1. The molecular weight excluding hydrogens is 222 g/mol. The van der Waals surface area contributed by atoms with E-state index in [1.54, 1.807) is 0 Å². The van der Waals surface area contributed by atoms with Gasteiger partial charge >= 0.3 is 0 Å². The number of halogens is 2. The quantitative estimate of drug-likeness (QED) is 0.851. The summed E-state index contributed by atoms with van der Waals surface area (Å²) in [5.74, 6) is -0.982. The molecule has 0 spiro atoms. The van der Waals surface area contributed by atoms with Crippen molar-refractivity contribution < 1.29 is 10.2 Å². The van der Waals surface area contributed by atoms with Gasteiger partial charge in [0, 0.05) is 25.1 Å². The Morgan fingerprint density at radius 1 is 1.47 bits per heavy atom. The molecule has 1 saturated heterocycles. The summed E-state index contributed by atoms with van der Waals surface area (Å²) in [5.41, 5.74) is 0.564. The van der Waals surface area contributed by atoms with Gasteiger partial charge in [0.1, 0.15) is 11.6 Å². The topological polar surface area (TPSA) is 24.1 Å². The average molecular weight is 242 g/mol. The highest BCUT2D eigenvalue weighted by molar-refractivity contribution is 5.23. The van der Waals surface area contributed by atoms with Crippen molar-refractivity contribution in [2.24, 2.45) is 0 Å². The van der Waals surface area contributed by atoms with Crippen LogP contribution in [0.15, 0.2) is 18.2 Å². The van der Waals surface area contributed by atoms with Crippen LogP contribution < -0.4 is 10.6 Å². The van der Waals surface area contributed by atoms with Gasteiger partial charge in [0.05, 0.1) is 0 Å². The summed E-state index contributed by atoms with van der Waals surface area (Å²) in [7, 11) is 0. The maximum absolute atomic E-state index is 13.6. The molecule has 0 bridgehead atoms. The monoisotopic (exact) mass is 242 g/mol. The van der Waals surface area contributed by atoms with Gasteiger partial charge in [0.15, 0.2) is 0 Å². The van der Waals surface area contributed by atoms with Crippen molar-refractivity contribution in [2.75, 3.05) is 13.1 Å². The molecule has 2 rings (SSSR count). The van der Waals surface area contributed by atoms with E-state index in [1.807, 2.05) is 0 Å². The van der Waals surface area contributed by atoms with E-state index in [9.17, 15) is 8.78 Å². The smallest absolute Gasteiger partial charge is 0.130 e. The van der Waals surface area contributed by atoms with Gasteiger partial charge in [-0.1, -0.05) is 13.0 Å². The Labute approximate surface area is 102 Å². The molecule has 2 nitrogen and oxygen atoms in total. The van der Waals surface area contributed by atoms with Crippen LogP contribution >= 0.6 is 0 Å². The van der Waals surface area contributed by atoms with E-state index in [0.29, 0.717) is 11.6 Å². The van der Waals surface area contributed by atoms with Crippen molar-refractivity contribution in [2.45, 2.75) is 31.8 Å². The summed E-state index contributed by atoms with van der Waals surface area (Å²) in [6.45, 7) is 3.85. The van der Waals surface area contributed by atoms with Gasteiger partial charge in [-0.25, -0.2) is 8.78 Å². The normalized spacial score (nSPS) is 24.9. The van der Waals surface area contributed by atoms with Crippen molar-refractivity contribution in [3.8, 4) is 0 Å². The van der Waals surface area contributed by atoms with E-state index in [-0.39, 0.29) is 7.47 Å². The Morgan fingerprint density at radius 2 is 2.29 bits per heavy atom. The summed E-state index contributed by atoms with van der Waals surface area (Å²) in [5, 5.41) is 6.66. The molecule has 1 aliphatic rings. The van der Waals surface area contributed by atoms with Crippen molar-refractivity contribution in [1.82, 2.24) is 10.6 Å². The Bertz CT molecular complexity index is 385. The molecule has 2 N–H and O–H groups in total. The van der Waals surface area contributed by atoms with E-state index in [4.69, 9.17) is 0 Å². The molecule has 1 heterocycles. The SMILES string of the molecule is CCN[C@@H]1CCN[C@H](c2ccc(F)cc2F)C1.[HH]. The molecule has 1 aromatic carbocycles. The molecule has 0 unspecified atom stereocenters. The lowest BCUT2D eigenvalue weighted by molar-refractivity contribution is 0.321. The number of benzene rings is 1. The minimum absolute atomic E-state index is 0. The maximum atomic E-state index is 13.6. The third-order valence-electron chi connectivity index (χ3n) is 3.23. The van der Waals surface area contributed by atoms with Crippen LogP contribution in [0.5, 0.6) is 0 Å². The molecule has 0 radical (unpaired) electrons. The van der Waals surface area contributed by atoms with E-state index >= 15 is 0 Å². The first kappa shape index (κ1) is 12.5. The van der Waals surface area contributed by atoms with Crippen LogP contribution in [0.3, 0.4) is 0 Å². The van der Waals surface area contributed by atoms with Crippen molar-refractivity contribution in [3.05, 3.63) is 35.4 Å². The lowest BCUT2D eigenvalue weighted by Gasteiger charge is -2.31. The van der Waals surface area contributed by atoms with Crippen LogP contribution in [-0.4, -0.2) is 19.1 Å². The maximum Gasteiger partial charge on any atom is 0.130 e. The van der Waals surface area contributed by atoms with Gasteiger partial charge in [0.2, 0.25) is 0 Å². The third kappa shape index (κ3) is 3.01. The highest BCUT2D eigenvalue weighted by Crippen LogP contribution is 2.25.